The normalized spacial score (nSPS) is 9.43. The lowest BCUT2D eigenvalue weighted by Gasteiger charge is -1.97. The summed E-state index contributed by atoms with van der Waals surface area (Å²) in [6, 6.07) is 0. The third-order valence-electron chi connectivity index (χ3n) is 0.548. The fourth-order valence-electron chi connectivity index (χ4n) is 0.241. The van der Waals surface area contributed by atoms with Gasteiger partial charge in [-0.3, -0.25) is 0 Å². The van der Waals surface area contributed by atoms with Crippen LogP contribution in [0, 0.1) is 7.05 Å². The second-order valence-corrected chi connectivity index (χ2v) is 1.10. The monoisotopic (exact) mass is 103 g/mol. The van der Waals surface area contributed by atoms with E-state index in [-0.39, 0.29) is 0 Å². The first-order chi connectivity index (χ1) is 3.41. The fourth-order valence-corrected chi connectivity index (χ4v) is 0.241. The van der Waals surface area contributed by atoms with E-state index in [1.165, 1.54) is 0 Å². The molecule has 0 saturated carbocycles. The van der Waals surface area contributed by atoms with E-state index in [2.05, 4.69) is 22.7 Å². The molecule has 0 saturated heterocycles. The van der Waals surface area contributed by atoms with E-state index in [0.717, 1.165) is 13.1 Å². The Morgan fingerprint density at radius 3 is 2.71 bits per heavy atom. The van der Waals surface area contributed by atoms with Crippen LogP contribution in [0.5, 0.6) is 0 Å². The highest BCUT2D eigenvalue weighted by Gasteiger charge is 1.76. The van der Waals surface area contributed by atoms with Gasteiger partial charge in [-0.15, -0.1) is 0 Å². The Bertz CT molecular complexity index is 28.9. The molecule has 0 aliphatic carbocycles. The molecule has 7 heavy (non-hydrogen) atoms. The molecule has 0 aliphatic rings. The minimum absolute atomic E-state index is 0.792. The van der Waals surface area contributed by atoms with E-state index in [1.54, 1.807) is 7.11 Å². The lowest BCUT2D eigenvalue weighted by Crippen LogP contribution is -2.22. The Labute approximate surface area is 44.0 Å². The van der Waals surface area contributed by atoms with Gasteiger partial charge in [-0.2, -0.15) is 0 Å². The van der Waals surface area contributed by atoms with Crippen LogP contribution >= 0.6 is 0 Å². The topological polar surface area (TPSA) is 33.3 Å². The molecule has 0 amide bonds. The van der Waals surface area contributed by atoms with E-state index in [9.17, 15) is 0 Å². The molecule has 0 aromatic carbocycles. The van der Waals surface area contributed by atoms with Gasteiger partial charge < -0.3 is 10.2 Å². The molecule has 43 valence electrons. The minimum Gasteiger partial charge on any atom is -0.314 e. The van der Waals surface area contributed by atoms with Crippen LogP contribution in [0.15, 0.2) is 0 Å². The van der Waals surface area contributed by atoms with E-state index in [1.807, 2.05) is 0 Å². The van der Waals surface area contributed by atoms with Gasteiger partial charge in [0.2, 0.25) is 0 Å². The lowest BCUT2D eigenvalue weighted by molar-refractivity contribution is 0.0932. The lowest BCUT2D eigenvalue weighted by atomic mass is 10.7. The van der Waals surface area contributed by atoms with Crippen LogP contribution in [-0.4, -0.2) is 20.2 Å². The molecule has 0 aromatic rings. The molecular formula is C4H11N2O. The number of hydroxylamine groups is 1. The summed E-state index contributed by atoms with van der Waals surface area (Å²) in [6.07, 6.45) is 0. The van der Waals surface area contributed by atoms with Gasteiger partial charge in [-0.05, 0) is 0 Å². The van der Waals surface area contributed by atoms with Crippen molar-refractivity contribution in [3.63, 3.8) is 0 Å². The molecular weight excluding hydrogens is 92.1 g/mol. The van der Waals surface area contributed by atoms with Crippen LogP contribution in [-0.2, 0) is 4.84 Å². The maximum absolute atomic E-state index is 4.53. The number of hydrogen-bond acceptors (Lipinski definition) is 3. The van der Waals surface area contributed by atoms with Crippen LogP contribution in [0.1, 0.15) is 0 Å². The molecule has 0 aromatic heterocycles. The molecule has 0 spiro atoms. The Balaban J connectivity index is 2.45. The van der Waals surface area contributed by atoms with Crippen LogP contribution in [0.3, 0.4) is 0 Å². The van der Waals surface area contributed by atoms with Crippen molar-refractivity contribution in [2.24, 2.45) is 0 Å². The molecule has 1 radical (unpaired) electrons. The fraction of sp³-hybridized carbons (Fsp3) is 0.750. The first kappa shape index (κ1) is 6.88. The zero-order valence-corrected chi connectivity index (χ0v) is 4.53. The summed E-state index contributed by atoms with van der Waals surface area (Å²) < 4.78 is 0. The summed E-state index contributed by atoms with van der Waals surface area (Å²) in [7, 11) is 5.00. The summed E-state index contributed by atoms with van der Waals surface area (Å²) in [4.78, 5) is 4.53. The van der Waals surface area contributed by atoms with E-state index >= 15 is 0 Å². The van der Waals surface area contributed by atoms with Gasteiger partial charge in [0.25, 0.3) is 0 Å². The van der Waals surface area contributed by atoms with Crippen molar-refractivity contribution in [3.05, 3.63) is 7.05 Å². The number of rotatable bonds is 4. The molecule has 3 heteroatoms. The van der Waals surface area contributed by atoms with Gasteiger partial charge in [0.05, 0.1) is 7.11 Å². The average Bonchev–Trinajstić information content (AvgIpc) is 1.69. The molecule has 0 rings (SSSR count). The van der Waals surface area contributed by atoms with Gasteiger partial charge >= 0.3 is 0 Å². The largest absolute Gasteiger partial charge is 0.314 e. The van der Waals surface area contributed by atoms with Crippen molar-refractivity contribution in [2.75, 3.05) is 20.2 Å². The molecule has 0 atom stereocenters. The summed E-state index contributed by atoms with van der Waals surface area (Å²) >= 11 is 0. The molecule has 0 bridgehead atoms. The molecule has 0 fully saturated rings. The highest BCUT2D eigenvalue weighted by Crippen LogP contribution is 1.53. The van der Waals surface area contributed by atoms with E-state index in [0.29, 0.717) is 0 Å². The average molecular weight is 103 g/mol. The Morgan fingerprint density at radius 2 is 2.29 bits per heavy atom. The van der Waals surface area contributed by atoms with Crippen LogP contribution < -0.4 is 10.8 Å². The smallest absolute Gasteiger partial charge is 0.0572 e. The predicted octanol–water partition coefficient (Wildman–Crippen LogP) is -0.481. The van der Waals surface area contributed by atoms with Crippen molar-refractivity contribution in [2.45, 2.75) is 0 Å². The maximum atomic E-state index is 4.53. The molecule has 0 unspecified atom stereocenters. The summed E-state index contributed by atoms with van der Waals surface area (Å²) in [5.41, 5.74) is 2.65. The quantitative estimate of drug-likeness (QED) is 0.372. The van der Waals surface area contributed by atoms with Crippen molar-refractivity contribution in [1.82, 2.24) is 10.8 Å². The first-order valence-electron chi connectivity index (χ1n) is 2.17. The van der Waals surface area contributed by atoms with Crippen LogP contribution in [0.2, 0.25) is 0 Å². The zero-order chi connectivity index (χ0) is 5.54. The number of hydrogen-bond donors (Lipinski definition) is 2. The van der Waals surface area contributed by atoms with Crippen LogP contribution in [0.4, 0.5) is 0 Å². The standard InChI is InChI=1S/C4H11N2O/c1-5-3-4-6-7-2/h5-6H,1,3-4H2,2H3. The Morgan fingerprint density at radius 1 is 1.57 bits per heavy atom. The second kappa shape index (κ2) is 5.88. The van der Waals surface area contributed by atoms with Gasteiger partial charge in [0.15, 0.2) is 0 Å². The zero-order valence-electron chi connectivity index (χ0n) is 4.53. The van der Waals surface area contributed by atoms with Gasteiger partial charge in [-0.1, -0.05) is 0 Å². The molecule has 2 N–H and O–H groups in total. The Hall–Kier alpha value is -0.120. The summed E-state index contributed by atoms with van der Waals surface area (Å²) in [6.45, 7) is 1.62. The van der Waals surface area contributed by atoms with Gasteiger partial charge in [0, 0.05) is 20.1 Å². The Kier molecular flexibility index (Phi) is 5.78. The van der Waals surface area contributed by atoms with Gasteiger partial charge in [-0.25, -0.2) is 5.48 Å². The van der Waals surface area contributed by atoms with Crippen molar-refractivity contribution in [1.29, 1.82) is 0 Å². The van der Waals surface area contributed by atoms with E-state index in [4.69, 9.17) is 0 Å². The predicted molar refractivity (Wildman–Crippen MR) is 28.4 cm³/mol. The number of nitrogens with one attached hydrogen (secondary N) is 2. The molecule has 0 heterocycles. The molecule has 3 nitrogen and oxygen atoms in total. The van der Waals surface area contributed by atoms with Crippen molar-refractivity contribution < 1.29 is 4.84 Å². The van der Waals surface area contributed by atoms with Crippen molar-refractivity contribution >= 4 is 0 Å². The third-order valence-corrected chi connectivity index (χ3v) is 0.548. The summed E-state index contributed by atoms with van der Waals surface area (Å²) in [5, 5.41) is 2.71. The highest BCUT2D eigenvalue weighted by atomic mass is 16.6. The minimum atomic E-state index is 0.792. The highest BCUT2D eigenvalue weighted by molar-refractivity contribution is 4.40. The van der Waals surface area contributed by atoms with Crippen molar-refractivity contribution in [3.8, 4) is 0 Å². The summed E-state index contributed by atoms with van der Waals surface area (Å²) in [5.74, 6) is 0. The SMILES string of the molecule is [CH2]NCCNOC. The maximum Gasteiger partial charge on any atom is 0.0572 e. The van der Waals surface area contributed by atoms with Gasteiger partial charge in [0.1, 0.15) is 0 Å². The van der Waals surface area contributed by atoms with Crippen LogP contribution in [0.25, 0.3) is 0 Å². The second-order valence-electron chi connectivity index (χ2n) is 1.10. The third kappa shape index (κ3) is 5.88. The first-order valence-corrected chi connectivity index (χ1v) is 2.17. The molecule has 0 aliphatic heterocycles. The van der Waals surface area contributed by atoms with E-state index < -0.39 is 0 Å².